The Bertz CT molecular complexity index is 685. The van der Waals surface area contributed by atoms with Crippen LogP contribution in [0.25, 0.3) is 0 Å². The minimum Gasteiger partial charge on any atom is -0.495 e. The van der Waals surface area contributed by atoms with Crippen LogP contribution in [0.2, 0.25) is 0 Å². The summed E-state index contributed by atoms with van der Waals surface area (Å²) in [4.78, 5) is 4.17. The second-order valence-corrected chi connectivity index (χ2v) is 6.77. The maximum Gasteiger partial charge on any atom is 0.244 e. The van der Waals surface area contributed by atoms with Crippen molar-refractivity contribution >= 4 is 21.4 Å². The molecule has 1 aromatic heterocycles. The van der Waals surface area contributed by atoms with Crippen molar-refractivity contribution in [2.24, 2.45) is 0 Å². The van der Waals surface area contributed by atoms with E-state index in [4.69, 9.17) is 4.74 Å². The molecule has 0 radical (unpaired) electrons. The smallest absolute Gasteiger partial charge is 0.244 e. The Morgan fingerprint density at radius 2 is 2.14 bits per heavy atom. The van der Waals surface area contributed by atoms with E-state index < -0.39 is 10.0 Å². The number of hydrogen-bond acceptors (Lipinski definition) is 6. The highest BCUT2D eigenvalue weighted by Crippen LogP contribution is 2.25. The summed E-state index contributed by atoms with van der Waals surface area (Å²) in [6.45, 7) is 0.802. The van der Waals surface area contributed by atoms with Crippen LogP contribution in [-0.2, 0) is 23.1 Å². The molecular formula is C13H17N3O3S2. The summed E-state index contributed by atoms with van der Waals surface area (Å²) in [5, 5.41) is 4.81. The lowest BCUT2D eigenvalue weighted by molar-refractivity contribution is 0.401. The van der Waals surface area contributed by atoms with Crippen molar-refractivity contribution in [1.82, 2.24) is 15.0 Å². The first-order chi connectivity index (χ1) is 10.1. The molecule has 0 saturated carbocycles. The predicted octanol–water partition coefficient (Wildman–Crippen LogP) is 1.35. The van der Waals surface area contributed by atoms with E-state index in [0.29, 0.717) is 18.0 Å². The van der Waals surface area contributed by atoms with Crippen LogP contribution in [0.4, 0.5) is 0 Å². The molecule has 0 saturated heterocycles. The lowest BCUT2D eigenvalue weighted by Crippen LogP contribution is -2.24. The number of rotatable bonds is 7. The van der Waals surface area contributed by atoms with Gasteiger partial charge in [-0.3, -0.25) is 0 Å². The quantitative estimate of drug-likeness (QED) is 0.802. The molecule has 0 aliphatic heterocycles. The summed E-state index contributed by atoms with van der Waals surface area (Å²) >= 11 is 1.42. The Morgan fingerprint density at radius 1 is 1.33 bits per heavy atom. The fourth-order valence-electron chi connectivity index (χ4n) is 1.82. The van der Waals surface area contributed by atoms with Gasteiger partial charge in [0.2, 0.25) is 10.0 Å². The number of nitrogens with one attached hydrogen (secondary N) is 2. The molecule has 0 aliphatic carbocycles. The van der Waals surface area contributed by atoms with Crippen LogP contribution >= 0.6 is 11.3 Å². The summed E-state index contributed by atoms with van der Waals surface area (Å²) < 4.78 is 32.4. The van der Waals surface area contributed by atoms with E-state index in [1.54, 1.807) is 29.1 Å². The van der Waals surface area contributed by atoms with Gasteiger partial charge in [-0.1, -0.05) is 6.07 Å². The number of ether oxygens (including phenoxy) is 1. The van der Waals surface area contributed by atoms with E-state index in [1.807, 2.05) is 7.05 Å². The average Bonchev–Trinajstić information content (AvgIpc) is 2.98. The molecule has 1 heterocycles. The van der Waals surface area contributed by atoms with E-state index in [1.165, 1.54) is 18.4 Å². The molecule has 21 heavy (non-hydrogen) atoms. The maximum absolute atomic E-state index is 12.3. The lowest BCUT2D eigenvalue weighted by atomic mass is 10.2. The van der Waals surface area contributed by atoms with E-state index in [9.17, 15) is 8.42 Å². The molecule has 0 spiro atoms. The van der Waals surface area contributed by atoms with Crippen LogP contribution in [0.15, 0.2) is 34.0 Å². The summed E-state index contributed by atoms with van der Waals surface area (Å²) in [5.41, 5.74) is 3.30. The molecule has 2 rings (SSSR count). The first-order valence-electron chi connectivity index (χ1n) is 6.25. The monoisotopic (exact) mass is 327 g/mol. The average molecular weight is 327 g/mol. The van der Waals surface area contributed by atoms with Crippen LogP contribution < -0.4 is 14.8 Å². The summed E-state index contributed by atoms with van der Waals surface area (Å²) in [6, 6.07) is 5.03. The van der Waals surface area contributed by atoms with Crippen LogP contribution in [0, 0.1) is 0 Å². The number of aromatic nitrogens is 1. The molecule has 0 atom stereocenters. The Labute approximate surface area is 128 Å². The maximum atomic E-state index is 12.3. The highest BCUT2D eigenvalue weighted by Gasteiger charge is 2.19. The number of thiazole rings is 1. The fourth-order valence-corrected chi connectivity index (χ4v) is 3.53. The SMILES string of the molecule is CNCc1ccc(S(=O)(=O)NCc2cscn2)c(OC)c1. The van der Waals surface area contributed by atoms with Crippen molar-refractivity contribution in [3.63, 3.8) is 0 Å². The molecule has 114 valence electrons. The molecule has 1 aromatic carbocycles. The van der Waals surface area contributed by atoms with Crippen molar-refractivity contribution in [2.45, 2.75) is 18.0 Å². The molecule has 0 unspecified atom stereocenters. The number of sulfonamides is 1. The molecule has 0 fully saturated rings. The highest BCUT2D eigenvalue weighted by molar-refractivity contribution is 7.89. The van der Waals surface area contributed by atoms with E-state index in [-0.39, 0.29) is 11.4 Å². The van der Waals surface area contributed by atoms with E-state index >= 15 is 0 Å². The minimum absolute atomic E-state index is 0.125. The Morgan fingerprint density at radius 3 is 2.76 bits per heavy atom. The van der Waals surface area contributed by atoms with Crippen molar-refractivity contribution in [3.05, 3.63) is 40.3 Å². The zero-order chi connectivity index (χ0) is 15.3. The van der Waals surface area contributed by atoms with Gasteiger partial charge in [-0.25, -0.2) is 18.1 Å². The van der Waals surface area contributed by atoms with Crippen molar-refractivity contribution in [1.29, 1.82) is 0 Å². The summed E-state index contributed by atoms with van der Waals surface area (Å²) in [6.07, 6.45) is 0. The second-order valence-electron chi connectivity index (χ2n) is 4.32. The number of nitrogens with zero attached hydrogens (tertiary/aromatic N) is 1. The van der Waals surface area contributed by atoms with Gasteiger partial charge in [-0.15, -0.1) is 11.3 Å². The third-order valence-electron chi connectivity index (χ3n) is 2.83. The van der Waals surface area contributed by atoms with Gasteiger partial charge in [0.15, 0.2) is 0 Å². The molecule has 8 heteroatoms. The topological polar surface area (TPSA) is 80.3 Å². The first kappa shape index (κ1) is 15.9. The Hall–Kier alpha value is -1.48. The van der Waals surface area contributed by atoms with Gasteiger partial charge in [-0.2, -0.15) is 0 Å². The van der Waals surface area contributed by atoms with Crippen LogP contribution in [-0.4, -0.2) is 27.6 Å². The molecule has 0 bridgehead atoms. The molecule has 2 N–H and O–H groups in total. The Balaban J connectivity index is 2.22. The second kappa shape index (κ2) is 6.99. The zero-order valence-corrected chi connectivity index (χ0v) is 13.4. The van der Waals surface area contributed by atoms with Crippen molar-refractivity contribution in [3.8, 4) is 5.75 Å². The zero-order valence-electron chi connectivity index (χ0n) is 11.8. The number of benzene rings is 1. The van der Waals surface area contributed by atoms with Gasteiger partial charge in [-0.05, 0) is 24.7 Å². The Kier molecular flexibility index (Phi) is 5.29. The molecule has 2 aromatic rings. The van der Waals surface area contributed by atoms with Gasteiger partial charge < -0.3 is 10.1 Å². The fraction of sp³-hybridized carbons (Fsp3) is 0.308. The standard InChI is InChI=1S/C13H17N3O3S2/c1-14-6-10-3-4-13(12(5-10)19-2)21(17,18)16-7-11-8-20-9-15-11/h3-5,8-9,14,16H,6-7H2,1-2H3. The molecule has 6 nitrogen and oxygen atoms in total. The van der Waals surface area contributed by atoms with Crippen LogP contribution in [0.1, 0.15) is 11.3 Å². The van der Waals surface area contributed by atoms with Gasteiger partial charge in [0.1, 0.15) is 10.6 Å². The summed E-state index contributed by atoms with van der Waals surface area (Å²) in [5.74, 6) is 0.327. The van der Waals surface area contributed by atoms with E-state index in [2.05, 4.69) is 15.0 Å². The summed E-state index contributed by atoms with van der Waals surface area (Å²) in [7, 11) is -0.359. The predicted molar refractivity (Wildman–Crippen MR) is 81.9 cm³/mol. The first-order valence-corrected chi connectivity index (χ1v) is 8.67. The van der Waals surface area contributed by atoms with E-state index in [0.717, 1.165) is 5.56 Å². The van der Waals surface area contributed by atoms with Crippen molar-refractivity contribution in [2.75, 3.05) is 14.2 Å². The molecular weight excluding hydrogens is 310 g/mol. The normalized spacial score (nSPS) is 11.5. The van der Waals surface area contributed by atoms with Crippen LogP contribution in [0.3, 0.4) is 0 Å². The third kappa shape index (κ3) is 4.01. The number of methoxy groups -OCH3 is 1. The van der Waals surface area contributed by atoms with Crippen LogP contribution in [0.5, 0.6) is 5.75 Å². The van der Waals surface area contributed by atoms with Gasteiger partial charge in [0.05, 0.1) is 24.9 Å². The number of hydrogen-bond donors (Lipinski definition) is 2. The highest BCUT2D eigenvalue weighted by atomic mass is 32.2. The van der Waals surface area contributed by atoms with Gasteiger partial charge in [0, 0.05) is 11.9 Å². The lowest BCUT2D eigenvalue weighted by Gasteiger charge is -2.12. The minimum atomic E-state index is -3.64. The third-order valence-corrected chi connectivity index (χ3v) is 4.90. The molecule has 0 amide bonds. The molecule has 0 aliphatic rings. The van der Waals surface area contributed by atoms with Gasteiger partial charge in [0.25, 0.3) is 0 Å². The van der Waals surface area contributed by atoms with Gasteiger partial charge >= 0.3 is 0 Å². The largest absolute Gasteiger partial charge is 0.495 e. The van der Waals surface area contributed by atoms with Crippen molar-refractivity contribution < 1.29 is 13.2 Å².